The van der Waals surface area contributed by atoms with Crippen LogP contribution in [0.4, 0.5) is 11.4 Å². The quantitative estimate of drug-likeness (QED) is 0.633. The maximum absolute atomic E-state index is 10.8. The van der Waals surface area contributed by atoms with E-state index in [0.29, 0.717) is 11.6 Å². The molecule has 1 aliphatic rings. The third kappa shape index (κ3) is 3.23. The van der Waals surface area contributed by atoms with Crippen molar-refractivity contribution in [1.82, 2.24) is 0 Å². The zero-order valence-corrected chi connectivity index (χ0v) is 11.4. The summed E-state index contributed by atoms with van der Waals surface area (Å²) >= 11 is 0. The molecule has 0 unspecified atom stereocenters. The molecule has 1 N–H and O–H groups in total. The van der Waals surface area contributed by atoms with E-state index in [0.717, 1.165) is 18.2 Å². The van der Waals surface area contributed by atoms with Crippen LogP contribution < -0.4 is 4.90 Å². The maximum atomic E-state index is 10.8. The van der Waals surface area contributed by atoms with Crippen molar-refractivity contribution in [2.75, 3.05) is 11.4 Å². The largest absolute Gasteiger partial charge is 0.392 e. The van der Waals surface area contributed by atoms with Crippen LogP contribution in [-0.2, 0) is 6.61 Å². The van der Waals surface area contributed by atoms with Crippen LogP contribution in [0.25, 0.3) is 0 Å². The Balaban J connectivity index is 2.31. The fraction of sp³-hybridized carbons (Fsp3) is 0.571. The molecule has 5 heteroatoms. The van der Waals surface area contributed by atoms with Gasteiger partial charge in [0.2, 0.25) is 0 Å². The first-order valence-electron chi connectivity index (χ1n) is 6.67. The SMILES string of the molecule is CC(C)N(CC1CC1)c1ccc([N+](=O)[O-])cc1CO. The van der Waals surface area contributed by atoms with Gasteiger partial charge in [-0.1, -0.05) is 0 Å². The van der Waals surface area contributed by atoms with Gasteiger partial charge < -0.3 is 10.0 Å². The van der Waals surface area contributed by atoms with Gasteiger partial charge in [-0.05, 0) is 38.7 Å². The highest BCUT2D eigenvalue weighted by Crippen LogP contribution is 2.34. The first-order chi connectivity index (χ1) is 9.02. The molecule has 0 aliphatic heterocycles. The summed E-state index contributed by atoms with van der Waals surface area (Å²) in [6, 6.07) is 5.05. The van der Waals surface area contributed by atoms with Crippen LogP contribution in [0, 0.1) is 16.0 Å². The summed E-state index contributed by atoms with van der Waals surface area (Å²) < 4.78 is 0. The molecule has 0 radical (unpaired) electrons. The van der Waals surface area contributed by atoms with Gasteiger partial charge in [-0.2, -0.15) is 0 Å². The molecule has 0 heterocycles. The van der Waals surface area contributed by atoms with Crippen LogP contribution in [-0.4, -0.2) is 22.6 Å². The molecule has 1 saturated carbocycles. The predicted octanol–water partition coefficient (Wildman–Crippen LogP) is 2.71. The van der Waals surface area contributed by atoms with Crippen molar-refractivity contribution < 1.29 is 10.0 Å². The van der Waals surface area contributed by atoms with E-state index in [4.69, 9.17) is 0 Å². The predicted molar refractivity (Wildman–Crippen MR) is 74.2 cm³/mol. The molecule has 1 fully saturated rings. The molecule has 0 saturated heterocycles. The summed E-state index contributed by atoms with van der Waals surface area (Å²) in [4.78, 5) is 12.6. The van der Waals surface area contributed by atoms with Gasteiger partial charge in [0.25, 0.3) is 5.69 Å². The lowest BCUT2D eigenvalue weighted by Crippen LogP contribution is -2.33. The number of hydrogen-bond donors (Lipinski definition) is 1. The number of non-ortho nitro benzene ring substituents is 1. The Hall–Kier alpha value is -1.62. The average Bonchev–Trinajstić information content (AvgIpc) is 3.18. The Morgan fingerprint density at radius 1 is 1.47 bits per heavy atom. The van der Waals surface area contributed by atoms with E-state index in [1.165, 1.54) is 25.0 Å². The molecule has 1 aromatic carbocycles. The lowest BCUT2D eigenvalue weighted by molar-refractivity contribution is -0.384. The second-order valence-electron chi connectivity index (χ2n) is 5.42. The van der Waals surface area contributed by atoms with Crippen LogP contribution in [0.1, 0.15) is 32.3 Å². The van der Waals surface area contributed by atoms with Crippen molar-refractivity contribution in [2.45, 2.75) is 39.3 Å². The Kier molecular flexibility index (Phi) is 4.04. The molecule has 5 nitrogen and oxygen atoms in total. The first-order valence-corrected chi connectivity index (χ1v) is 6.67. The van der Waals surface area contributed by atoms with Gasteiger partial charge in [-0.3, -0.25) is 10.1 Å². The van der Waals surface area contributed by atoms with Gasteiger partial charge in [0.05, 0.1) is 11.5 Å². The Bertz CT molecular complexity index is 470. The second kappa shape index (κ2) is 5.57. The fourth-order valence-electron chi connectivity index (χ4n) is 2.26. The number of rotatable bonds is 6. The van der Waals surface area contributed by atoms with E-state index in [9.17, 15) is 15.2 Å². The van der Waals surface area contributed by atoms with Crippen LogP contribution in [0.5, 0.6) is 0 Å². The zero-order valence-electron chi connectivity index (χ0n) is 11.4. The summed E-state index contributed by atoms with van der Waals surface area (Å²) in [6.45, 7) is 4.99. The van der Waals surface area contributed by atoms with E-state index >= 15 is 0 Å². The van der Waals surface area contributed by atoms with Crippen molar-refractivity contribution in [3.63, 3.8) is 0 Å². The highest BCUT2D eigenvalue weighted by molar-refractivity contribution is 5.58. The van der Waals surface area contributed by atoms with Gasteiger partial charge in [0, 0.05) is 36.0 Å². The minimum absolute atomic E-state index is 0.0305. The third-order valence-electron chi connectivity index (χ3n) is 3.53. The molecule has 0 aromatic heterocycles. The molecule has 1 aromatic rings. The van der Waals surface area contributed by atoms with Crippen LogP contribution in [0.15, 0.2) is 18.2 Å². The Labute approximate surface area is 113 Å². The summed E-state index contributed by atoms with van der Waals surface area (Å²) in [5, 5.41) is 20.2. The number of benzene rings is 1. The van der Waals surface area contributed by atoms with Crippen LogP contribution in [0.3, 0.4) is 0 Å². The number of aliphatic hydroxyl groups is 1. The minimum atomic E-state index is -0.427. The maximum Gasteiger partial charge on any atom is 0.269 e. The standard InChI is InChI=1S/C14H20N2O3/c1-10(2)15(8-11-3-4-11)14-6-5-13(16(18)19)7-12(14)9-17/h5-7,10-11,17H,3-4,8-9H2,1-2H3. The molecule has 2 rings (SSSR count). The number of nitro groups is 1. The number of hydrogen-bond acceptors (Lipinski definition) is 4. The summed E-state index contributed by atoms with van der Waals surface area (Å²) in [5.41, 5.74) is 1.57. The molecule has 1 aliphatic carbocycles. The Morgan fingerprint density at radius 3 is 2.63 bits per heavy atom. The average molecular weight is 264 g/mol. The van der Waals surface area contributed by atoms with Gasteiger partial charge in [-0.25, -0.2) is 0 Å². The van der Waals surface area contributed by atoms with Crippen LogP contribution >= 0.6 is 0 Å². The van der Waals surface area contributed by atoms with Gasteiger partial charge in [0.15, 0.2) is 0 Å². The van der Waals surface area contributed by atoms with Crippen molar-refractivity contribution in [3.8, 4) is 0 Å². The lowest BCUT2D eigenvalue weighted by atomic mass is 10.1. The van der Waals surface area contributed by atoms with Gasteiger partial charge in [0.1, 0.15) is 0 Å². The minimum Gasteiger partial charge on any atom is -0.392 e. The third-order valence-corrected chi connectivity index (χ3v) is 3.53. The molecule has 19 heavy (non-hydrogen) atoms. The molecule has 0 spiro atoms. The highest BCUT2D eigenvalue weighted by atomic mass is 16.6. The van der Waals surface area contributed by atoms with E-state index in [1.807, 2.05) is 0 Å². The van der Waals surface area contributed by atoms with Gasteiger partial charge in [-0.15, -0.1) is 0 Å². The molecular weight excluding hydrogens is 244 g/mol. The van der Waals surface area contributed by atoms with E-state index in [1.54, 1.807) is 6.07 Å². The second-order valence-corrected chi connectivity index (χ2v) is 5.42. The van der Waals surface area contributed by atoms with Gasteiger partial charge >= 0.3 is 0 Å². The fourth-order valence-corrected chi connectivity index (χ4v) is 2.26. The van der Waals surface area contributed by atoms with Crippen molar-refractivity contribution in [3.05, 3.63) is 33.9 Å². The highest BCUT2D eigenvalue weighted by Gasteiger charge is 2.27. The van der Waals surface area contributed by atoms with Crippen molar-refractivity contribution in [2.24, 2.45) is 5.92 Å². The van der Waals surface area contributed by atoms with Crippen molar-refractivity contribution >= 4 is 11.4 Å². The van der Waals surface area contributed by atoms with E-state index in [2.05, 4.69) is 18.7 Å². The summed E-state index contributed by atoms with van der Waals surface area (Å²) in [6.07, 6.45) is 2.51. The number of aliphatic hydroxyl groups excluding tert-OH is 1. The molecular formula is C14H20N2O3. The van der Waals surface area contributed by atoms with E-state index in [-0.39, 0.29) is 12.3 Å². The number of anilines is 1. The van der Waals surface area contributed by atoms with E-state index < -0.39 is 4.92 Å². The normalized spacial score (nSPS) is 14.7. The summed E-state index contributed by atoms with van der Waals surface area (Å²) in [7, 11) is 0. The number of nitrogens with zero attached hydrogens (tertiary/aromatic N) is 2. The first kappa shape index (κ1) is 13.8. The topological polar surface area (TPSA) is 66.6 Å². The van der Waals surface area contributed by atoms with Crippen molar-refractivity contribution in [1.29, 1.82) is 0 Å². The monoisotopic (exact) mass is 264 g/mol. The number of nitro benzene ring substituents is 1. The lowest BCUT2D eigenvalue weighted by Gasteiger charge is -2.30. The Morgan fingerprint density at radius 2 is 2.16 bits per heavy atom. The summed E-state index contributed by atoms with van der Waals surface area (Å²) in [5.74, 6) is 0.726. The molecule has 0 amide bonds. The molecule has 104 valence electrons. The van der Waals surface area contributed by atoms with Crippen LogP contribution in [0.2, 0.25) is 0 Å². The molecule has 0 bridgehead atoms. The smallest absolute Gasteiger partial charge is 0.269 e. The zero-order chi connectivity index (χ0) is 14.0. The molecule has 0 atom stereocenters.